The number of anilines is 1. The van der Waals surface area contributed by atoms with Crippen LogP contribution in [-0.2, 0) is 19.1 Å². The van der Waals surface area contributed by atoms with Crippen LogP contribution in [0.5, 0.6) is 0 Å². The lowest BCUT2D eigenvalue weighted by Crippen LogP contribution is -2.31. The van der Waals surface area contributed by atoms with E-state index in [0.29, 0.717) is 15.7 Å². The van der Waals surface area contributed by atoms with Gasteiger partial charge in [-0.3, -0.25) is 19.3 Å². The highest BCUT2D eigenvalue weighted by atomic mass is 35.5. The van der Waals surface area contributed by atoms with Crippen molar-refractivity contribution in [3.63, 3.8) is 0 Å². The average molecular weight is 449 g/mol. The molecule has 7 nitrogen and oxygen atoms in total. The third kappa shape index (κ3) is 4.98. The van der Waals surface area contributed by atoms with E-state index in [1.807, 2.05) is 0 Å². The summed E-state index contributed by atoms with van der Waals surface area (Å²) in [6.07, 6.45) is 0.287. The van der Waals surface area contributed by atoms with Crippen LogP contribution in [0.1, 0.15) is 41.7 Å². The first-order valence-electron chi connectivity index (χ1n) is 9.13. The van der Waals surface area contributed by atoms with Crippen molar-refractivity contribution in [2.45, 2.75) is 25.8 Å². The van der Waals surface area contributed by atoms with Crippen molar-refractivity contribution in [1.82, 2.24) is 5.32 Å². The van der Waals surface area contributed by atoms with Gasteiger partial charge in [0.05, 0.1) is 27.3 Å². The Hall–Kier alpha value is -2.90. The highest BCUT2D eigenvalue weighted by Gasteiger charge is 2.30. The molecule has 0 radical (unpaired) electrons. The van der Waals surface area contributed by atoms with Crippen LogP contribution in [0.4, 0.5) is 5.69 Å². The van der Waals surface area contributed by atoms with Crippen LogP contribution >= 0.6 is 23.2 Å². The molecular weight excluding hydrogens is 431 g/mol. The maximum atomic E-state index is 12.3. The average Bonchev–Trinajstić information content (AvgIpc) is 3.06. The molecule has 2 aromatic rings. The van der Waals surface area contributed by atoms with Crippen LogP contribution in [0.25, 0.3) is 0 Å². The van der Waals surface area contributed by atoms with Gasteiger partial charge in [0.15, 0.2) is 6.61 Å². The number of carbonyl (C=O) groups excluding carboxylic acids is 4. The summed E-state index contributed by atoms with van der Waals surface area (Å²) >= 11 is 11.9. The fraction of sp³-hybridized carbons (Fsp3) is 0.238. The number of hydrogen-bond donors (Lipinski definition) is 1. The highest BCUT2D eigenvalue weighted by Crippen LogP contribution is 2.26. The lowest BCUT2D eigenvalue weighted by Gasteiger charge is -2.16. The number of nitrogens with one attached hydrogen (secondary N) is 1. The molecule has 1 aliphatic rings. The molecule has 0 bridgehead atoms. The lowest BCUT2D eigenvalue weighted by atomic mass is 10.1. The summed E-state index contributed by atoms with van der Waals surface area (Å²) in [4.78, 5) is 49.2. The van der Waals surface area contributed by atoms with Crippen molar-refractivity contribution in [3.8, 4) is 0 Å². The highest BCUT2D eigenvalue weighted by molar-refractivity contribution is 6.42. The van der Waals surface area contributed by atoms with E-state index >= 15 is 0 Å². The van der Waals surface area contributed by atoms with Crippen LogP contribution in [0, 0.1) is 0 Å². The Morgan fingerprint density at radius 2 is 1.77 bits per heavy atom. The largest absolute Gasteiger partial charge is 0.452 e. The first kappa shape index (κ1) is 21.8. The molecule has 1 N–H and O–H groups in total. The van der Waals surface area contributed by atoms with E-state index < -0.39 is 18.5 Å². The Bertz CT molecular complexity index is 1010. The molecule has 156 valence electrons. The Balaban J connectivity index is 1.58. The first-order valence-corrected chi connectivity index (χ1v) is 9.89. The van der Waals surface area contributed by atoms with Gasteiger partial charge in [-0.1, -0.05) is 35.3 Å². The molecule has 0 aliphatic carbocycles. The molecule has 1 heterocycles. The number of ether oxygens (including phenoxy) is 1. The predicted octanol–water partition coefficient (Wildman–Crippen LogP) is 3.68. The molecule has 3 rings (SSSR count). The summed E-state index contributed by atoms with van der Waals surface area (Å²) in [6, 6.07) is 10.6. The van der Waals surface area contributed by atoms with E-state index in [9.17, 15) is 19.2 Å². The van der Waals surface area contributed by atoms with Gasteiger partial charge in [-0.2, -0.15) is 0 Å². The maximum Gasteiger partial charge on any atom is 0.338 e. The van der Waals surface area contributed by atoms with Crippen LogP contribution < -0.4 is 10.2 Å². The number of nitrogens with zero attached hydrogens (tertiary/aromatic N) is 1. The van der Waals surface area contributed by atoms with Crippen molar-refractivity contribution in [1.29, 1.82) is 0 Å². The van der Waals surface area contributed by atoms with Gasteiger partial charge in [0.2, 0.25) is 11.8 Å². The van der Waals surface area contributed by atoms with Crippen LogP contribution in [0.15, 0.2) is 42.5 Å². The van der Waals surface area contributed by atoms with Gasteiger partial charge < -0.3 is 10.1 Å². The Labute approximate surface area is 182 Å². The quantitative estimate of drug-likeness (QED) is 0.537. The number of amides is 3. The van der Waals surface area contributed by atoms with Gasteiger partial charge in [0.25, 0.3) is 5.91 Å². The number of carbonyl (C=O) groups is 4. The Morgan fingerprint density at radius 3 is 2.43 bits per heavy atom. The summed E-state index contributed by atoms with van der Waals surface area (Å²) < 4.78 is 5.05. The van der Waals surface area contributed by atoms with Crippen molar-refractivity contribution in [2.24, 2.45) is 0 Å². The van der Waals surface area contributed by atoms with Gasteiger partial charge >= 0.3 is 5.97 Å². The van der Waals surface area contributed by atoms with Crippen molar-refractivity contribution in [2.75, 3.05) is 11.5 Å². The Morgan fingerprint density at radius 1 is 1.07 bits per heavy atom. The molecule has 0 aromatic heterocycles. The summed E-state index contributed by atoms with van der Waals surface area (Å²) in [6.45, 7) is 1.27. The van der Waals surface area contributed by atoms with E-state index in [1.54, 1.807) is 31.2 Å². The second-order valence-electron chi connectivity index (χ2n) is 6.71. The molecule has 30 heavy (non-hydrogen) atoms. The van der Waals surface area contributed by atoms with Crippen molar-refractivity contribution >= 4 is 52.6 Å². The monoisotopic (exact) mass is 448 g/mol. The molecule has 0 spiro atoms. The minimum atomic E-state index is -0.742. The second kappa shape index (κ2) is 9.28. The van der Waals surface area contributed by atoms with E-state index in [-0.39, 0.29) is 36.3 Å². The van der Waals surface area contributed by atoms with Crippen molar-refractivity contribution in [3.05, 3.63) is 63.6 Å². The molecule has 1 aliphatic heterocycles. The predicted molar refractivity (Wildman–Crippen MR) is 111 cm³/mol. The zero-order valence-electron chi connectivity index (χ0n) is 16.0. The van der Waals surface area contributed by atoms with Gasteiger partial charge in [-0.05, 0) is 42.8 Å². The van der Waals surface area contributed by atoms with Gasteiger partial charge in [0.1, 0.15) is 0 Å². The summed E-state index contributed by atoms with van der Waals surface area (Å²) in [5.74, 6) is -1.88. The molecular formula is C21H18Cl2N2O5. The lowest BCUT2D eigenvalue weighted by molar-refractivity contribution is -0.125. The standard InChI is InChI=1S/C21H18Cl2N2O5/c1-12(13-5-6-16(22)17(23)10-13)24-18(26)11-30-21(29)14-3-2-4-15(9-14)25-19(27)7-8-20(25)28/h2-6,9-10,12H,7-8,11H2,1H3,(H,24,26). The molecule has 3 amide bonds. The number of hydrogen-bond acceptors (Lipinski definition) is 5. The van der Waals surface area contributed by atoms with Crippen molar-refractivity contribution < 1.29 is 23.9 Å². The summed E-state index contributed by atoms with van der Waals surface area (Å²) in [7, 11) is 0. The topological polar surface area (TPSA) is 92.8 Å². The number of benzene rings is 2. The maximum absolute atomic E-state index is 12.3. The summed E-state index contributed by atoms with van der Waals surface area (Å²) in [5, 5.41) is 3.48. The zero-order chi connectivity index (χ0) is 21.8. The smallest absolute Gasteiger partial charge is 0.338 e. The van der Waals surface area contributed by atoms with Gasteiger partial charge in [-0.15, -0.1) is 0 Å². The van der Waals surface area contributed by atoms with Gasteiger partial charge in [0, 0.05) is 12.8 Å². The van der Waals surface area contributed by atoms with Crippen LogP contribution in [-0.4, -0.2) is 30.3 Å². The molecule has 9 heteroatoms. The zero-order valence-corrected chi connectivity index (χ0v) is 17.5. The molecule has 1 unspecified atom stereocenters. The first-order chi connectivity index (χ1) is 14.3. The summed E-state index contributed by atoms with van der Waals surface area (Å²) in [5.41, 5.74) is 1.18. The normalized spacial score (nSPS) is 14.6. The molecule has 1 atom stereocenters. The second-order valence-corrected chi connectivity index (χ2v) is 7.53. The molecule has 1 fully saturated rings. The minimum Gasteiger partial charge on any atom is -0.452 e. The van der Waals surface area contributed by atoms with E-state index in [0.717, 1.165) is 10.5 Å². The third-order valence-corrected chi connectivity index (χ3v) is 5.29. The van der Waals surface area contributed by atoms with Crippen LogP contribution in [0.2, 0.25) is 10.0 Å². The number of esters is 1. The molecule has 0 saturated carbocycles. The van der Waals surface area contributed by atoms with E-state index in [1.165, 1.54) is 18.2 Å². The van der Waals surface area contributed by atoms with Crippen LogP contribution in [0.3, 0.4) is 0 Å². The molecule has 2 aromatic carbocycles. The number of imide groups is 1. The third-order valence-electron chi connectivity index (χ3n) is 4.55. The SMILES string of the molecule is CC(NC(=O)COC(=O)c1cccc(N2C(=O)CCC2=O)c1)c1ccc(Cl)c(Cl)c1. The van der Waals surface area contributed by atoms with E-state index in [2.05, 4.69) is 5.32 Å². The molecule has 1 saturated heterocycles. The number of rotatable bonds is 6. The number of halogens is 2. The van der Waals surface area contributed by atoms with E-state index in [4.69, 9.17) is 27.9 Å². The fourth-order valence-electron chi connectivity index (χ4n) is 3.00. The Kier molecular flexibility index (Phi) is 6.74. The van der Waals surface area contributed by atoms with Gasteiger partial charge in [-0.25, -0.2) is 4.79 Å². The fourth-order valence-corrected chi connectivity index (χ4v) is 3.31. The minimum absolute atomic E-state index is 0.130.